The first kappa shape index (κ1) is 67.6. The minimum atomic E-state index is -4.59. The molecule has 0 aliphatic carbocycles. The van der Waals surface area contributed by atoms with E-state index in [0.29, 0.717) is 17.4 Å². The van der Waals surface area contributed by atoms with Crippen molar-refractivity contribution in [1.82, 2.24) is 5.32 Å². The largest absolute Gasteiger partial charge is 0.756 e. The molecule has 0 bridgehead atoms. The monoisotopic (exact) mass is 1000 g/mol. The SMILES string of the molecule is CC/C=C\C/C=C\C/C=C\C/C=C\C/C=C\C/C=C\C/C=C\C/C=C\C/C=C\C/C=C\CCCCCCCCCCCCC(=O)NC(COP(=O)([O-])OCC[N+](C)(C)C)C(O)/C=C/CCCCCCCC. The van der Waals surface area contributed by atoms with Gasteiger partial charge in [0.15, 0.2) is 0 Å². The summed E-state index contributed by atoms with van der Waals surface area (Å²) in [6.07, 6.45) is 78.4. The predicted molar refractivity (Wildman–Crippen MR) is 306 cm³/mol. The number of nitrogens with zero attached hydrogens (tertiary/aromatic N) is 1. The summed E-state index contributed by atoms with van der Waals surface area (Å²) in [5, 5.41) is 13.7. The van der Waals surface area contributed by atoms with E-state index >= 15 is 0 Å². The molecule has 0 aromatic heterocycles. The minimum absolute atomic E-state index is 0.00817. The quantitative estimate of drug-likeness (QED) is 0.0272. The smallest absolute Gasteiger partial charge is 0.268 e. The van der Waals surface area contributed by atoms with Crippen molar-refractivity contribution < 1.29 is 32.9 Å². The van der Waals surface area contributed by atoms with Crippen LogP contribution in [0.5, 0.6) is 0 Å². The third kappa shape index (κ3) is 54.3. The van der Waals surface area contributed by atoms with Gasteiger partial charge in [0.05, 0.1) is 39.9 Å². The Morgan fingerprint density at radius 3 is 1.25 bits per heavy atom. The molecule has 0 heterocycles. The number of aliphatic hydroxyl groups excluding tert-OH is 1. The second kappa shape index (κ2) is 51.5. The first-order valence-corrected chi connectivity index (χ1v) is 29.5. The van der Waals surface area contributed by atoms with Crippen LogP contribution in [0, 0.1) is 0 Å². The molecular weight excluding hydrogens is 900 g/mol. The number of unbranched alkanes of at least 4 members (excludes halogenated alkanes) is 16. The number of phosphoric ester groups is 1. The summed E-state index contributed by atoms with van der Waals surface area (Å²) in [6, 6.07) is -0.894. The van der Waals surface area contributed by atoms with Crippen LogP contribution in [-0.4, -0.2) is 68.5 Å². The molecule has 3 atom stereocenters. The Morgan fingerprint density at radius 1 is 0.507 bits per heavy atom. The number of carbonyl (C=O) groups is 1. The third-order valence-corrected chi connectivity index (χ3v) is 12.6. The van der Waals surface area contributed by atoms with Gasteiger partial charge in [0.25, 0.3) is 7.82 Å². The standard InChI is InChI=1S/C62H105N2O6P/c1-6-8-10-12-14-16-17-18-19-20-21-22-23-24-25-26-27-28-29-30-31-32-33-34-35-36-37-38-39-40-41-42-43-44-45-46-47-48-50-52-54-56-62(66)63-60(59-70-71(67,68)69-58-57-64(3,4)5)61(65)55-53-51-49-15-13-11-9-7-2/h8,10,14,16,18-19,21-22,24-25,27-28,30-31,33-34,36-37,39-40,53,55,60-61,65H,6-7,9,11-13,15,17,20,23,26,29,32,35,38,41-52,54,56-59H2,1-5H3,(H-,63,66,67,68)/b10-8-,16-14-,19-18-,22-21-,25-24-,28-27-,31-30-,34-33-,37-36-,40-39-,55-53+. The van der Waals surface area contributed by atoms with Gasteiger partial charge in [0.1, 0.15) is 13.2 Å². The van der Waals surface area contributed by atoms with Gasteiger partial charge >= 0.3 is 0 Å². The highest BCUT2D eigenvalue weighted by molar-refractivity contribution is 7.45. The van der Waals surface area contributed by atoms with Crippen LogP contribution in [0.15, 0.2) is 134 Å². The van der Waals surface area contributed by atoms with Crippen LogP contribution < -0.4 is 10.2 Å². The Hall–Kier alpha value is -3.36. The number of amides is 1. The molecule has 0 aromatic rings. The number of nitrogens with one attached hydrogen (secondary N) is 1. The maximum absolute atomic E-state index is 12.9. The fraction of sp³-hybridized carbons (Fsp3) is 0.629. The summed E-state index contributed by atoms with van der Waals surface area (Å²) < 4.78 is 23.2. The topological polar surface area (TPSA) is 108 Å². The van der Waals surface area contributed by atoms with Crippen LogP contribution in [0.1, 0.15) is 200 Å². The molecule has 8 nitrogen and oxygen atoms in total. The van der Waals surface area contributed by atoms with Gasteiger partial charge in [0.2, 0.25) is 5.91 Å². The molecule has 0 radical (unpaired) electrons. The molecule has 0 aliphatic rings. The lowest BCUT2D eigenvalue weighted by Crippen LogP contribution is -2.45. The van der Waals surface area contributed by atoms with Crippen molar-refractivity contribution in [3.63, 3.8) is 0 Å². The molecule has 9 heteroatoms. The summed E-state index contributed by atoms with van der Waals surface area (Å²) in [7, 11) is 1.24. The van der Waals surface area contributed by atoms with Crippen molar-refractivity contribution in [1.29, 1.82) is 0 Å². The van der Waals surface area contributed by atoms with E-state index in [0.717, 1.165) is 109 Å². The lowest BCUT2D eigenvalue weighted by Gasteiger charge is -2.29. The lowest BCUT2D eigenvalue weighted by molar-refractivity contribution is -0.870. The Bertz CT molecular complexity index is 1610. The van der Waals surface area contributed by atoms with Crippen LogP contribution in [0.2, 0.25) is 0 Å². The van der Waals surface area contributed by atoms with E-state index in [9.17, 15) is 19.4 Å². The second-order valence-electron chi connectivity index (χ2n) is 19.6. The summed E-state index contributed by atoms with van der Waals surface area (Å²) in [5.41, 5.74) is 0. The first-order valence-electron chi connectivity index (χ1n) is 28.0. The van der Waals surface area contributed by atoms with Crippen LogP contribution >= 0.6 is 7.82 Å². The Balaban J connectivity index is 4.00. The van der Waals surface area contributed by atoms with Gasteiger partial charge in [-0.05, 0) is 96.3 Å². The van der Waals surface area contributed by atoms with Gasteiger partial charge in [-0.1, -0.05) is 231 Å². The van der Waals surface area contributed by atoms with Gasteiger partial charge in [-0.15, -0.1) is 0 Å². The summed E-state index contributed by atoms with van der Waals surface area (Å²) >= 11 is 0. The fourth-order valence-electron chi connectivity index (χ4n) is 7.24. The second-order valence-corrected chi connectivity index (χ2v) is 21.0. The van der Waals surface area contributed by atoms with Gasteiger partial charge in [0, 0.05) is 6.42 Å². The number of phosphoric acid groups is 1. The molecule has 2 N–H and O–H groups in total. The molecule has 0 spiro atoms. The molecule has 0 aromatic carbocycles. The zero-order valence-corrected chi connectivity index (χ0v) is 46.8. The molecule has 404 valence electrons. The minimum Gasteiger partial charge on any atom is -0.756 e. The van der Waals surface area contributed by atoms with Gasteiger partial charge in [-0.25, -0.2) is 0 Å². The lowest BCUT2D eigenvalue weighted by atomic mass is 10.0. The normalized spacial score (nSPS) is 15.0. The number of allylic oxidation sites excluding steroid dienone is 21. The van der Waals surface area contributed by atoms with Gasteiger partial charge in [-0.3, -0.25) is 9.36 Å². The number of carbonyl (C=O) groups excluding carboxylic acids is 1. The molecule has 0 saturated heterocycles. The Morgan fingerprint density at radius 2 is 0.859 bits per heavy atom. The molecule has 0 rings (SSSR count). The van der Waals surface area contributed by atoms with E-state index in [1.807, 2.05) is 27.2 Å². The Kier molecular flexibility index (Phi) is 49.1. The fourth-order valence-corrected chi connectivity index (χ4v) is 7.96. The molecular formula is C62H105N2O6P. The molecule has 0 fully saturated rings. The summed E-state index contributed by atoms with van der Waals surface area (Å²) in [6.45, 7) is 4.46. The maximum atomic E-state index is 12.9. The number of hydrogen-bond donors (Lipinski definition) is 2. The number of hydrogen-bond acceptors (Lipinski definition) is 6. The summed E-state index contributed by atoms with van der Waals surface area (Å²) in [4.78, 5) is 25.3. The van der Waals surface area contributed by atoms with Crippen molar-refractivity contribution >= 4 is 13.7 Å². The zero-order chi connectivity index (χ0) is 52.0. The molecule has 0 aliphatic heterocycles. The van der Waals surface area contributed by atoms with Crippen molar-refractivity contribution in [2.24, 2.45) is 0 Å². The van der Waals surface area contributed by atoms with E-state index < -0.39 is 20.0 Å². The van der Waals surface area contributed by atoms with Crippen molar-refractivity contribution in [3.05, 3.63) is 134 Å². The van der Waals surface area contributed by atoms with E-state index in [2.05, 4.69) is 141 Å². The highest BCUT2D eigenvalue weighted by atomic mass is 31.2. The van der Waals surface area contributed by atoms with Crippen molar-refractivity contribution in [2.75, 3.05) is 40.9 Å². The van der Waals surface area contributed by atoms with Gasteiger partial charge < -0.3 is 28.8 Å². The first-order chi connectivity index (χ1) is 34.5. The third-order valence-electron chi connectivity index (χ3n) is 11.6. The highest BCUT2D eigenvalue weighted by Crippen LogP contribution is 2.38. The number of aliphatic hydroxyl groups is 1. The van der Waals surface area contributed by atoms with Crippen LogP contribution in [0.3, 0.4) is 0 Å². The maximum Gasteiger partial charge on any atom is 0.268 e. The predicted octanol–water partition coefficient (Wildman–Crippen LogP) is 16.5. The van der Waals surface area contributed by atoms with Crippen LogP contribution in [-0.2, 0) is 18.4 Å². The van der Waals surface area contributed by atoms with E-state index in [1.165, 1.54) is 70.6 Å². The average Bonchev–Trinajstić information content (AvgIpc) is 3.33. The Labute approximate surface area is 436 Å². The van der Waals surface area contributed by atoms with E-state index in [1.54, 1.807) is 6.08 Å². The number of likely N-dealkylation sites (N-methyl/N-ethyl adjacent to an activating group) is 1. The summed E-state index contributed by atoms with van der Waals surface area (Å²) in [5.74, 6) is -0.212. The average molecular weight is 1010 g/mol. The van der Waals surface area contributed by atoms with Crippen molar-refractivity contribution in [2.45, 2.75) is 212 Å². The van der Waals surface area contributed by atoms with E-state index in [4.69, 9.17) is 9.05 Å². The number of quaternary nitrogens is 1. The molecule has 3 unspecified atom stereocenters. The molecule has 71 heavy (non-hydrogen) atoms. The number of rotatable bonds is 49. The zero-order valence-electron chi connectivity index (χ0n) is 45.9. The molecule has 0 saturated carbocycles. The van der Waals surface area contributed by atoms with Crippen molar-refractivity contribution in [3.8, 4) is 0 Å². The van der Waals surface area contributed by atoms with Gasteiger partial charge in [-0.2, -0.15) is 0 Å². The van der Waals surface area contributed by atoms with Crippen LogP contribution in [0.25, 0.3) is 0 Å². The van der Waals surface area contributed by atoms with E-state index in [-0.39, 0.29) is 19.1 Å². The molecule has 1 amide bonds. The highest BCUT2D eigenvalue weighted by Gasteiger charge is 2.23. The van der Waals surface area contributed by atoms with Crippen LogP contribution in [0.4, 0.5) is 0 Å².